The number of carbonyl (C=O) groups is 1. The lowest BCUT2D eigenvalue weighted by Gasteiger charge is -2.28. The van der Waals surface area contributed by atoms with Crippen LogP contribution in [0, 0.1) is 11.8 Å². The number of carboxylic acid groups (broad SMARTS) is 1. The van der Waals surface area contributed by atoms with E-state index in [4.69, 9.17) is 5.11 Å². The minimum Gasteiger partial charge on any atom is -0.481 e. The molecule has 1 heterocycles. The van der Waals surface area contributed by atoms with Crippen molar-refractivity contribution in [2.75, 3.05) is 11.9 Å². The molecule has 1 aliphatic carbocycles. The summed E-state index contributed by atoms with van der Waals surface area (Å²) >= 11 is 0.432. The standard InChI is InChI=1S/C11H14F3N3O2S/c12-11(13,14)9-16-17-10(20-9)15-5-6-3-1-2-4-7(6)8(18)19/h6-7H,1-5H2,(H,15,17)(H,18,19). The molecule has 0 radical (unpaired) electrons. The van der Waals surface area contributed by atoms with Gasteiger partial charge in [0.2, 0.25) is 10.1 Å². The monoisotopic (exact) mass is 309 g/mol. The van der Waals surface area contributed by atoms with Gasteiger partial charge in [-0.15, -0.1) is 10.2 Å². The molecule has 1 aromatic heterocycles. The van der Waals surface area contributed by atoms with Gasteiger partial charge in [-0.2, -0.15) is 13.2 Å². The Labute approximate surface area is 117 Å². The van der Waals surface area contributed by atoms with Crippen LogP contribution >= 0.6 is 11.3 Å². The van der Waals surface area contributed by atoms with Gasteiger partial charge < -0.3 is 10.4 Å². The molecule has 20 heavy (non-hydrogen) atoms. The zero-order valence-electron chi connectivity index (χ0n) is 10.5. The number of nitrogens with one attached hydrogen (secondary N) is 1. The smallest absolute Gasteiger partial charge is 0.445 e. The number of hydrogen-bond acceptors (Lipinski definition) is 5. The number of anilines is 1. The highest BCUT2D eigenvalue weighted by atomic mass is 32.1. The molecule has 2 unspecified atom stereocenters. The highest BCUT2D eigenvalue weighted by molar-refractivity contribution is 7.15. The normalized spacial score (nSPS) is 23.6. The summed E-state index contributed by atoms with van der Waals surface area (Å²) in [4.78, 5) is 11.1. The lowest BCUT2D eigenvalue weighted by molar-refractivity contribution is -0.144. The highest BCUT2D eigenvalue weighted by Crippen LogP contribution is 2.34. The Bertz CT molecular complexity index is 478. The molecule has 0 bridgehead atoms. The van der Waals surface area contributed by atoms with E-state index in [1.165, 1.54) is 0 Å². The van der Waals surface area contributed by atoms with E-state index in [1.54, 1.807) is 0 Å². The zero-order valence-corrected chi connectivity index (χ0v) is 11.3. The number of aliphatic carboxylic acids is 1. The molecule has 0 saturated heterocycles. The molecule has 0 amide bonds. The molecule has 5 nitrogen and oxygen atoms in total. The first kappa shape index (κ1) is 15.0. The van der Waals surface area contributed by atoms with Crippen molar-refractivity contribution in [3.05, 3.63) is 5.01 Å². The van der Waals surface area contributed by atoms with Gasteiger partial charge in [0, 0.05) is 6.54 Å². The third kappa shape index (κ3) is 3.59. The highest BCUT2D eigenvalue weighted by Gasteiger charge is 2.36. The van der Waals surface area contributed by atoms with Gasteiger partial charge in [-0.05, 0) is 18.8 Å². The largest absolute Gasteiger partial charge is 0.481 e. The van der Waals surface area contributed by atoms with Gasteiger partial charge >= 0.3 is 12.1 Å². The molecule has 2 N–H and O–H groups in total. The van der Waals surface area contributed by atoms with E-state index in [-0.39, 0.29) is 11.0 Å². The lowest BCUT2D eigenvalue weighted by atomic mass is 9.79. The van der Waals surface area contributed by atoms with E-state index in [9.17, 15) is 18.0 Å². The van der Waals surface area contributed by atoms with Crippen molar-refractivity contribution in [2.45, 2.75) is 31.9 Å². The number of nitrogens with zero attached hydrogens (tertiary/aromatic N) is 2. The predicted molar refractivity (Wildman–Crippen MR) is 66.5 cm³/mol. The van der Waals surface area contributed by atoms with Crippen molar-refractivity contribution in [2.24, 2.45) is 11.8 Å². The summed E-state index contributed by atoms with van der Waals surface area (Å²) in [6.07, 6.45) is -1.29. The molecule has 1 fully saturated rings. The van der Waals surface area contributed by atoms with E-state index in [2.05, 4.69) is 15.5 Å². The molecule has 9 heteroatoms. The molecule has 2 rings (SSSR count). The van der Waals surface area contributed by atoms with Gasteiger partial charge in [0.25, 0.3) is 0 Å². The maximum Gasteiger partial charge on any atom is 0.445 e. The van der Waals surface area contributed by atoms with E-state index < -0.39 is 23.1 Å². The van der Waals surface area contributed by atoms with Crippen LogP contribution in [0.3, 0.4) is 0 Å². The van der Waals surface area contributed by atoms with Crippen LogP contribution in [0.4, 0.5) is 18.3 Å². The number of alkyl halides is 3. The third-order valence-corrected chi connectivity index (χ3v) is 4.34. The van der Waals surface area contributed by atoms with Gasteiger partial charge in [-0.1, -0.05) is 24.2 Å². The summed E-state index contributed by atoms with van der Waals surface area (Å²) in [7, 11) is 0. The van der Waals surface area contributed by atoms with Gasteiger partial charge in [0.15, 0.2) is 0 Å². The van der Waals surface area contributed by atoms with Crippen LogP contribution in [0.25, 0.3) is 0 Å². The SMILES string of the molecule is O=C(O)C1CCCCC1CNc1nnc(C(F)(F)F)s1. The molecule has 1 aliphatic rings. The number of rotatable bonds is 4. The molecule has 0 aliphatic heterocycles. The van der Waals surface area contributed by atoms with Crippen LogP contribution < -0.4 is 5.32 Å². The maximum absolute atomic E-state index is 12.4. The molecule has 1 aromatic rings. The van der Waals surface area contributed by atoms with Crippen LogP contribution in [-0.4, -0.2) is 27.8 Å². The Hall–Kier alpha value is -1.38. The third-order valence-electron chi connectivity index (χ3n) is 3.41. The molecular weight excluding hydrogens is 295 g/mol. The molecule has 1 saturated carbocycles. The topological polar surface area (TPSA) is 75.1 Å². The Balaban J connectivity index is 1.94. The zero-order chi connectivity index (χ0) is 14.8. The summed E-state index contributed by atoms with van der Waals surface area (Å²) in [5.74, 6) is -1.37. The van der Waals surface area contributed by atoms with Crippen LogP contribution in [0.15, 0.2) is 0 Å². The van der Waals surface area contributed by atoms with E-state index in [0.29, 0.717) is 24.3 Å². The minimum absolute atomic E-state index is 0.0760. The second-order valence-corrected chi connectivity index (χ2v) is 5.76. The maximum atomic E-state index is 12.4. The second-order valence-electron chi connectivity index (χ2n) is 4.78. The Kier molecular flexibility index (Phi) is 4.46. The summed E-state index contributed by atoms with van der Waals surface area (Å²) in [6, 6.07) is 0. The molecule has 2 atom stereocenters. The first-order chi connectivity index (χ1) is 9.38. The average Bonchev–Trinajstić information content (AvgIpc) is 2.85. The number of hydrogen-bond donors (Lipinski definition) is 2. The predicted octanol–water partition coefficient (Wildman–Crippen LogP) is 2.86. The van der Waals surface area contributed by atoms with Crippen molar-refractivity contribution < 1.29 is 23.1 Å². The Morgan fingerprint density at radius 2 is 2.05 bits per heavy atom. The van der Waals surface area contributed by atoms with E-state index in [1.807, 2.05) is 0 Å². The number of aromatic nitrogens is 2. The van der Waals surface area contributed by atoms with Crippen LogP contribution in [-0.2, 0) is 11.0 Å². The quantitative estimate of drug-likeness (QED) is 0.894. The van der Waals surface area contributed by atoms with Crippen LogP contribution in [0.5, 0.6) is 0 Å². The summed E-state index contributed by atoms with van der Waals surface area (Å²) in [5.41, 5.74) is 0. The van der Waals surface area contributed by atoms with Crippen molar-refractivity contribution in [1.82, 2.24) is 10.2 Å². The summed E-state index contributed by atoms with van der Waals surface area (Å²) in [5, 5.41) is 17.5. The molecule has 112 valence electrons. The fourth-order valence-electron chi connectivity index (χ4n) is 2.40. The minimum atomic E-state index is -4.49. The van der Waals surface area contributed by atoms with Gasteiger partial charge in [-0.25, -0.2) is 0 Å². The van der Waals surface area contributed by atoms with Crippen molar-refractivity contribution in [3.63, 3.8) is 0 Å². The average molecular weight is 309 g/mol. The second kappa shape index (κ2) is 5.94. The van der Waals surface area contributed by atoms with Gasteiger partial charge in [0.05, 0.1) is 5.92 Å². The van der Waals surface area contributed by atoms with E-state index in [0.717, 1.165) is 19.3 Å². The lowest BCUT2D eigenvalue weighted by Crippen LogP contribution is -2.31. The van der Waals surface area contributed by atoms with E-state index >= 15 is 0 Å². The Morgan fingerprint density at radius 1 is 1.35 bits per heavy atom. The fraction of sp³-hybridized carbons (Fsp3) is 0.727. The van der Waals surface area contributed by atoms with Crippen molar-refractivity contribution >= 4 is 22.4 Å². The number of halogens is 3. The van der Waals surface area contributed by atoms with Crippen LogP contribution in [0.1, 0.15) is 30.7 Å². The fourth-order valence-corrected chi connectivity index (χ4v) is 3.02. The Morgan fingerprint density at radius 3 is 2.65 bits per heavy atom. The molecule has 0 aromatic carbocycles. The summed E-state index contributed by atoms with van der Waals surface area (Å²) in [6.45, 7) is 0.309. The molecular formula is C11H14F3N3O2S. The summed E-state index contributed by atoms with van der Waals surface area (Å²) < 4.78 is 37.1. The molecule has 0 spiro atoms. The first-order valence-electron chi connectivity index (χ1n) is 6.25. The first-order valence-corrected chi connectivity index (χ1v) is 7.07. The van der Waals surface area contributed by atoms with Gasteiger partial charge in [0.1, 0.15) is 0 Å². The van der Waals surface area contributed by atoms with Crippen molar-refractivity contribution in [1.29, 1.82) is 0 Å². The van der Waals surface area contributed by atoms with Crippen molar-refractivity contribution in [3.8, 4) is 0 Å². The van der Waals surface area contributed by atoms with Gasteiger partial charge in [-0.3, -0.25) is 4.79 Å². The van der Waals surface area contributed by atoms with Crippen LogP contribution in [0.2, 0.25) is 0 Å². The number of carboxylic acids is 1.